The van der Waals surface area contributed by atoms with Crippen LogP contribution in [0.3, 0.4) is 0 Å². The van der Waals surface area contributed by atoms with E-state index in [9.17, 15) is 4.79 Å². The molecule has 2 rings (SSSR count). The summed E-state index contributed by atoms with van der Waals surface area (Å²) in [6, 6.07) is -0.162. The van der Waals surface area contributed by atoms with Crippen LogP contribution in [0.5, 0.6) is 0 Å². The lowest BCUT2D eigenvalue weighted by molar-refractivity contribution is -0.125. The highest BCUT2D eigenvalue weighted by Crippen LogP contribution is 2.07. The van der Waals surface area contributed by atoms with Gasteiger partial charge in [-0.25, -0.2) is 0 Å². The second kappa shape index (κ2) is 10.7. The lowest BCUT2D eigenvalue weighted by atomic mass is 10.1. The first-order valence-electron chi connectivity index (χ1n) is 6.67. The molecule has 2 N–H and O–H groups in total. The quantitative estimate of drug-likeness (QED) is 0.790. The van der Waals surface area contributed by atoms with Crippen molar-refractivity contribution in [3.8, 4) is 0 Å². The molecule has 0 saturated carbocycles. The van der Waals surface area contributed by atoms with Crippen LogP contribution < -0.4 is 10.6 Å². The SMILES string of the molecule is Cl.Cl.O=C(NCCN1CCCCC1)C1COCCN1. The van der Waals surface area contributed by atoms with E-state index in [1.165, 1.54) is 32.4 Å². The monoisotopic (exact) mass is 313 g/mol. The number of rotatable bonds is 4. The van der Waals surface area contributed by atoms with Gasteiger partial charge in [0.05, 0.1) is 13.2 Å². The molecule has 0 bridgehead atoms. The van der Waals surface area contributed by atoms with Crippen LogP contribution in [-0.2, 0) is 9.53 Å². The molecule has 19 heavy (non-hydrogen) atoms. The van der Waals surface area contributed by atoms with Gasteiger partial charge in [0.2, 0.25) is 5.91 Å². The van der Waals surface area contributed by atoms with Crippen LogP contribution in [0.4, 0.5) is 0 Å². The smallest absolute Gasteiger partial charge is 0.239 e. The molecule has 1 amide bonds. The van der Waals surface area contributed by atoms with Gasteiger partial charge in [0, 0.05) is 19.6 Å². The van der Waals surface area contributed by atoms with Gasteiger partial charge >= 0.3 is 0 Å². The molecule has 0 aromatic carbocycles. The van der Waals surface area contributed by atoms with Crippen LogP contribution in [0.15, 0.2) is 0 Å². The van der Waals surface area contributed by atoms with Crippen molar-refractivity contribution in [3.63, 3.8) is 0 Å². The third kappa shape index (κ3) is 6.77. The highest BCUT2D eigenvalue weighted by Gasteiger charge is 2.20. The molecular weight excluding hydrogens is 289 g/mol. The van der Waals surface area contributed by atoms with Crippen molar-refractivity contribution in [2.45, 2.75) is 25.3 Å². The Kier molecular flexibility index (Phi) is 10.6. The molecule has 114 valence electrons. The first-order chi connectivity index (χ1) is 8.36. The number of ether oxygens (including phenoxy) is 1. The minimum Gasteiger partial charge on any atom is -0.378 e. The zero-order chi connectivity index (χ0) is 11.9. The van der Waals surface area contributed by atoms with Crippen LogP contribution in [0.25, 0.3) is 0 Å². The third-order valence-electron chi connectivity index (χ3n) is 3.41. The number of likely N-dealkylation sites (tertiary alicyclic amines) is 1. The molecule has 2 aliphatic heterocycles. The van der Waals surface area contributed by atoms with E-state index in [-0.39, 0.29) is 36.8 Å². The summed E-state index contributed by atoms with van der Waals surface area (Å²) < 4.78 is 5.27. The number of hydrogen-bond acceptors (Lipinski definition) is 4. The third-order valence-corrected chi connectivity index (χ3v) is 3.41. The fourth-order valence-corrected chi connectivity index (χ4v) is 2.38. The molecule has 1 atom stereocenters. The van der Waals surface area contributed by atoms with Crippen molar-refractivity contribution in [2.75, 3.05) is 45.9 Å². The normalized spacial score (nSPS) is 23.9. The number of carbonyl (C=O) groups is 1. The van der Waals surface area contributed by atoms with Crippen LogP contribution in [0, 0.1) is 0 Å². The maximum Gasteiger partial charge on any atom is 0.239 e. The fourth-order valence-electron chi connectivity index (χ4n) is 2.38. The number of piperidine rings is 1. The van der Waals surface area contributed by atoms with Gasteiger partial charge in [0.25, 0.3) is 0 Å². The highest BCUT2D eigenvalue weighted by atomic mass is 35.5. The molecular formula is C12H25Cl2N3O2. The summed E-state index contributed by atoms with van der Waals surface area (Å²) in [6.07, 6.45) is 3.95. The van der Waals surface area contributed by atoms with E-state index in [0.29, 0.717) is 13.2 Å². The zero-order valence-electron chi connectivity index (χ0n) is 11.2. The summed E-state index contributed by atoms with van der Waals surface area (Å²) in [5.41, 5.74) is 0. The summed E-state index contributed by atoms with van der Waals surface area (Å²) in [4.78, 5) is 14.2. The highest BCUT2D eigenvalue weighted by molar-refractivity contribution is 5.85. The van der Waals surface area contributed by atoms with Gasteiger partial charge in [-0.2, -0.15) is 0 Å². The molecule has 1 unspecified atom stereocenters. The number of nitrogens with zero attached hydrogens (tertiary/aromatic N) is 1. The average molecular weight is 314 g/mol. The summed E-state index contributed by atoms with van der Waals surface area (Å²) >= 11 is 0. The van der Waals surface area contributed by atoms with E-state index in [4.69, 9.17) is 4.74 Å². The minimum absolute atomic E-state index is 0. The summed E-state index contributed by atoms with van der Waals surface area (Å²) in [5, 5.41) is 6.13. The van der Waals surface area contributed by atoms with Crippen molar-refractivity contribution in [2.24, 2.45) is 0 Å². The number of halogens is 2. The molecule has 2 aliphatic rings. The topological polar surface area (TPSA) is 53.6 Å². The van der Waals surface area contributed by atoms with Crippen LogP contribution in [-0.4, -0.2) is 62.8 Å². The zero-order valence-corrected chi connectivity index (χ0v) is 12.9. The maximum absolute atomic E-state index is 11.8. The lowest BCUT2D eigenvalue weighted by Gasteiger charge is -2.27. The molecule has 0 aromatic heterocycles. The Morgan fingerprint density at radius 1 is 1.26 bits per heavy atom. The van der Waals surface area contributed by atoms with Crippen LogP contribution in [0.1, 0.15) is 19.3 Å². The number of amides is 1. The van der Waals surface area contributed by atoms with Gasteiger partial charge in [-0.3, -0.25) is 4.79 Å². The number of nitrogens with one attached hydrogen (secondary N) is 2. The van der Waals surface area contributed by atoms with Gasteiger partial charge in [0.15, 0.2) is 0 Å². The van der Waals surface area contributed by atoms with Gasteiger partial charge < -0.3 is 20.3 Å². The second-order valence-electron chi connectivity index (χ2n) is 4.77. The molecule has 5 nitrogen and oxygen atoms in total. The number of carbonyl (C=O) groups excluding carboxylic acids is 1. The van der Waals surface area contributed by atoms with E-state index in [1.807, 2.05) is 0 Å². The second-order valence-corrected chi connectivity index (χ2v) is 4.77. The van der Waals surface area contributed by atoms with Crippen molar-refractivity contribution >= 4 is 30.7 Å². The standard InChI is InChI=1S/C12H23N3O2.2ClH/c16-12(11-10-17-9-5-13-11)14-4-8-15-6-2-1-3-7-15;;/h11,13H,1-10H2,(H,14,16);2*1H. The van der Waals surface area contributed by atoms with E-state index < -0.39 is 0 Å². The Balaban J connectivity index is 0.00000162. The Hall–Kier alpha value is -0.0700. The summed E-state index contributed by atoms with van der Waals surface area (Å²) in [7, 11) is 0. The Bertz CT molecular complexity index is 245. The molecule has 2 fully saturated rings. The Labute approximate surface area is 127 Å². The lowest BCUT2D eigenvalue weighted by Crippen LogP contribution is -2.52. The van der Waals surface area contributed by atoms with E-state index in [0.717, 1.165) is 19.6 Å². The van der Waals surface area contributed by atoms with Gasteiger partial charge in [-0.1, -0.05) is 6.42 Å². The van der Waals surface area contributed by atoms with E-state index in [1.54, 1.807) is 0 Å². The predicted octanol–water partition coefficient (Wildman–Crippen LogP) is 0.421. The van der Waals surface area contributed by atoms with Crippen LogP contribution >= 0.6 is 24.8 Å². The van der Waals surface area contributed by atoms with Crippen molar-refractivity contribution in [3.05, 3.63) is 0 Å². The minimum atomic E-state index is -0.162. The predicted molar refractivity (Wildman–Crippen MR) is 80.4 cm³/mol. The van der Waals surface area contributed by atoms with Crippen molar-refractivity contribution in [1.29, 1.82) is 0 Å². The molecule has 7 heteroatoms. The molecule has 0 spiro atoms. The molecule has 2 saturated heterocycles. The molecule has 0 aliphatic carbocycles. The Morgan fingerprint density at radius 2 is 2.00 bits per heavy atom. The van der Waals surface area contributed by atoms with Crippen LogP contribution in [0.2, 0.25) is 0 Å². The Morgan fingerprint density at radius 3 is 2.63 bits per heavy atom. The van der Waals surface area contributed by atoms with Crippen molar-refractivity contribution in [1.82, 2.24) is 15.5 Å². The summed E-state index contributed by atoms with van der Waals surface area (Å²) in [6.45, 7) is 6.05. The molecule has 0 radical (unpaired) electrons. The average Bonchev–Trinajstić information content (AvgIpc) is 2.41. The number of morpholine rings is 1. The fraction of sp³-hybridized carbons (Fsp3) is 0.917. The van der Waals surface area contributed by atoms with E-state index >= 15 is 0 Å². The van der Waals surface area contributed by atoms with Gasteiger partial charge in [0.1, 0.15) is 6.04 Å². The largest absolute Gasteiger partial charge is 0.378 e. The first kappa shape index (κ1) is 18.9. The molecule has 2 heterocycles. The molecule has 0 aromatic rings. The van der Waals surface area contributed by atoms with Gasteiger partial charge in [-0.05, 0) is 25.9 Å². The number of hydrogen-bond donors (Lipinski definition) is 2. The van der Waals surface area contributed by atoms with Crippen molar-refractivity contribution < 1.29 is 9.53 Å². The van der Waals surface area contributed by atoms with Gasteiger partial charge in [-0.15, -0.1) is 24.8 Å². The maximum atomic E-state index is 11.8. The van der Waals surface area contributed by atoms with E-state index in [2.05, 4.69) is 15.5 Å². The first-order valence-corrected chi connectivity index (χ1v) is 6.67. The summed E-state index contributed by atoms with van der Waals surface area (Å²) in [5.74, 6) is 0.0710.